The van der Waals surface area contributed by atoms with Gasteiger partial charge in [0.25, 0.3) is 0 Å². The molecule has 29 heavy (non-hydrogen) atoms. The summed E-state index contributed by atoms with van der Waals surface area (Å²) in [6, 6.07) is 14.0. The van der Waals surface area contributed by atoms with Crippen LogP contribution in [0.3, 0.4) is 0 Å². The van der Waals surface area contributed by atoms with Gasteiger partial charge >= 0.3 is 6.09 Å². The van der Waals surface area contributed by atoms with E-state index in [1.54, 1.807) is 12.1 Å². The van der Waals surface area contributed by atoms with Crippen molar-refractivity contribution < 1.29 is 31.0 Å². The number of carbonyl (C=O) groups is 1. The number of piperidine rings is 1. The van der Waals surface area contributed by atoms with Crippen molar-refractivity contribution >= 4 is 35.0 Å². The van der Waals surface area contributed by atoms with Crippen molar-refractivity contribution in [3.05, 3.63) is 52.5 Å². The lowest BCUT2D eigenvalue weighted by Gasteiger charge is -2.43. The molecule has 2 aromatic rings. The third-order valence-electron chi connectivity index (χ3n) is 6.41. The van der Waals surface area contributed by atoms with Gasteiger partial charge in [-0.1, -0.05) is 35.3 Å². The van der Waals surface area contributed by atoms with Gasteiger partial charge in [-0.15, -0.1) is 0 Å². The number of hydrogen-bond donors (Lipinski definition) is 1. The number of rotatable bonds is 3. The Kier molecular flexibility index (Phi) is 6.84. The summed E-state index contributed by atoms with van der Waals surface area (Å²) in [6.45, 7) is 0. The summed E-state index contributed by atoms with van der Waals surface area (Å²) >= 11 is 12.3. The molecular formula is C22H25BrCl2N2O2. The van der Waals surface area contributed by atoms with Crippen LogP contribution in [0, 0.1) is 0 Å². The lowest BCUT2D eigenvalue weighted by Crippen LogP contribution is -3.00. The SMILES string of the molecule is C[N+]1(C)C2CCC1CC(OC(=O)Nc1ccc(Cl)cc1-c1cccc(Cl)c1)C2.[Br-]. The summed E-state index contributed by atoms with van der Waals surface area (Å²) in [5.74, 6) is 0. The van der Waals surface area contributed by atoms with Crippen LogP contribution in [0.15, 0.2) is 42.5 Å². The number of anilines is 1. The second-order valence-electron chi connectivity index (χ2n) is 8.34. The Morgan fingerprint density at radius 1 is 1.03 bits per heavy atom. The molecule has 2 atom stereocenters. The molecule has 2 fully saturated rings. The van der Waals surface area contributed by atoms with Crippen LogP contribution in [-0.2, 0) is 4.74 Å². The third kappa shape index (κ3) is 4.74. The molecule has 4 rings (SSSR count). The Balaban J connectivity index is 0.00000240. The number of amides is 1. The Labute approximate surface area is 192 Å². The Hall–Kier alpha value is -1.27. The molecule has 0 aromatic heterocycles. The first kappa shape index (κ1) is 22.4. The van der Waals surface area contributed by atoms with Crippen LogP contribution in [0.25, 0.3) is 11.1 Å². The Morgan fingerprint density at radius 2 is 1.69 bits per heavy atom. The van der Waals surface area contributed by atoms with Gasteiger partial charge in [0.15, 0.2) is 0 Å². The second kappa shape index (κ2) is 8.84. The molecule has 2 aliphatic rings. The molecule has 0 radical (unpaired) electrons. The number of benzene rings is 2. The molecule has 7 heteroatoms. The lowest BCUT2D eigenvalue weighted by molar-refractivity contribution is -0.931. The molecule has 2 bridgehead atoms. The smallest absolute Gasteiger partial charge is 0.411 e. The molecule has 2 saturated heterocycles. The maximum absolute atomic E-state index is 12.6. The third-order valence-corrected chi connectivity index (χ3v) is 6.88. The van der Waals surface area contributed by atoms with Crippen LogP contribution in [0.2, 0.25) is 10.0 Å². The van der Waals surface area contributed by atoms with E-state index >= 15 is 0 Å². The van der Waals surface area contributed by atoms with Crippen LogP contribution in [-0.4, -0.2) is 42.9 Å². The number of fused-ring (bicyclic) bond motifs is 2. The number of ether oxygens (including phenoxy) is 1. The van der Waals surface area contributed by atoms with Gasteiger partial charge in [0.1, 0.15) is 6.10 Å². The number of halogens is 3. The molecule has 156 valence electrons. The van der Waals surface area contributed by atoms with Gasteiger partial charge < -0.3 is 26.2 Å². The minimum atomic E-state index is -0.415. The number of carbonyl (C=O) groups excluding carboxylic acids is 1. The highest BCUT2D eigenvalue weighted by Crippen LogP contribution is 2.40. The summed E-state index contributed by atoms with van der Waals surface area (Å²) in [6.07, 6.45) is 3.86. The van der Waals surface area contributed by atoms with Crippen molar-refractivity contribution in [3.63, 3.8) is 0 Å². The highest BCUT2D eigenvalue weighted by Gasteiger charge is 2.49. The van der Waals surface area contributed by atoms with E-state index in [9.17, 15) is 4.79 Å². The molecular weight excluding hydrogens is 475 g/mol. The van der Waals surface area contributed by atoms with E-state index in [-0.39, 0.29) is 23.1 Å². The lowest BCUT2D eigenvalue weighted by atomic mass is 9.98. The zero-order valence-corrected chi connectivity index (χ0v) is 19.6. The maximum atomic E-state index is 12.6. The van der Waals surface area contributed by atoms with Gasteiger partial charge in [-0.2, -0.15) is 0 Å². The fraction of sp³-hybridized carbons (Fsp3) is 0.409. The summed E-state index contributed by atoms with van der Waals surface area (Å²) in [7, 11) is 4.59. The first-order valence-electron chi connectivity index (χ1n) is 9.69. The van der Waals surface area contributed by atoms with Gasteiger partial charge in [-0.05, 0) is 35.9 Å². The summed E-state index contributed by atoms with van der Waals surface area (Å²) in [5, 5.41) is 4.13. The van der Waals surface area contributed by atoms with E-state index in [2.05, 4.69) is 19.4 Å². The molecule has 0 aliphatic carbocycles. The van der Waals surface area contributed by atoms with Crippen LogP contribution in [0.4, 0.5) is 10.5 Å². The minimum absolute atomic E-state index is 0. The zero-order valence-electron chi connectivity index (χ0n) is 16.5. The molecule has 0 spiro atoms. The fourth-order valence-corrected chi connectivity index (χ4v) is 5.10. The Morgan fingerprint density at radius 3 is 2.34 bits per heavy atom. The van der Waals surface area contributed by atoms with Gasteiger partial charge in [0.2, 0.25) is 0 Å². The predicted octanol–water partition coefficient (Wildman–Crippen LogP) is 2.98. The van der Waals surface area contributed by atoms with Crippen LogP contribution in [0.1, 0.15) is 25.7 Å². The highest BCUT2D eigenvalue weighted by atomic mass is 79.9. The van der Waals surface area contributed by atoms with Crippen molar-refractivity contribution in [2.75, 3.05) is 19.4 Å². The van der Waals surface area contributed by atoms with E-state index in [1.807, 2.05) is 30.3 Å². The van der Waals surface area contributed by atoms with Gasteiger partial charge in [0.05, 0.1) is 31.9 Å². The van der Waals surface area contributed by atoms with Crippen molar-refractivity contribution in [2.24, 2.45) is 0 Å². The molecule has 2 aliphatic heterocycles. The topological polar surface area (TPSA) is 38.3 Å². The van der Waals surface area contributed by atoms with E-state index in [4.69, 9.17) is 27.9 Å². The van der Waals surface area contributed by atoms with Crippen molar-refractivity contribution in [3.8, 4) is 11.1 Å². The zero-order chi connectivity index (χ0) is 19.9. The van der Waals surface area contributed by atoms with Crippen molar-refractivity contribution in [2.45, 2.75) is 43.9 Å². The molecule has 0 saturated carbocycles. The quantitative estimate of drug-likeness (QED) is 0.659. The largest absolute Gasteiger partial charge is 1.00 e. The molecule has 1 amide bonds. The van der Waals surface area contributed by atoms with Crippen LogP contribution in [0.5, 0.6) is 0 Å². The number of nitrogens with zero attached hydrogens (tertiary/aromatic N) is 1. The van der Waals surface area contributed by atoms with Crippen molar-refractivity contribution in [1.82, 2.24) is 0 Å². The van der Waals surface area contributed by atoms with Crippen molar-refractivity contribution in [1.29, 1.82) is 0 Å². The van der Waals surface area contributed by atoms with E-state index in [0.717, 1.165) is 28.5 Å². The van der Waals surface area contributed by atoms with E-state index in [0.29, 0.717) is 27.8 Å². The first-order valence-corrected chi connectivity index (χ1v) is 10.4. The predicted molar refractivity (Wildman–Crippen MR) is 114 cm³/mol. The van der Waals surface area contributed by atoms with E-state index < -0.39 is 6.09 Å². The monoisotopic (exact) mass is 498 g/mol. The summed E-state index contributed by atoms with van der Waals surface area (Å²) in [4.78, 5) is 12.6. The minimum Gasteiger partial charge on any atom is -1.00 e. The van der Waals surface area contributed by atoms with Gasteiger partial charge in [0, 0.05) is 41.3 Å². The second-order valence-corrected chi connectivity index (χ2v) is 9.21. The standard InChI is InChI=1S/C22H24Cl2N2O2.BrH/c1-26(2)17-7-8-18(26)13-19(12-17)28-22(27)25-21-9-6-16(24)11-20(21)14-4-3-5-15(23)10-14;/h3-6,9-11,17-19H,7-8,12-13H2,1-2H3;1H. The van der Waals surface area contributed by atoms with Crippen LogP contribution >= 0.6 is 23.2 Å². The fourth-order valence-electron chi connectivity index (χ4n) is 4.74. The molecule has 2 aromatic carbocycles. The van der Waals surface area contributed by atoms with Gasteiger partial charge in [-0.25, -0.2) is 4.79 Å². The number of hydrogen-bond acceptors (Lipinski definition) is 2. The molecule has 4 nitrogen and oxygen atoms in total. The normalized spacial score (nSPS) is 24.5. The molecule has 2 heterocycles. The average Bonchev–Trinajstić information content (AvgIpc) is 2.81. The average molecular weight is 500 g/mol. The number of quaternary nitrogens is 1. The van der Waals surface area contributed by atoms with E-state index in [1.165, 1.54) is 12.8 Å². The summed E-state index contributed by atoms with van der Waals surface area (Å²) < 4.78 is 6.85. The maximum Gasteiger partial charge on any atom is 0.411 e. The summed E-state index contributed by atoms with van der Waals surface area (Å²) in [5.41, 5.74) is 2.36. The van der Waals surface area contributed by atoms with Crippen LogP contribution < -0.4 is 22.3 Å². The Bertz CT molecular complexity index is 890. The molecule has 1 N–H and O–H groups in total. The number of nitrogens with one attached hydrogen (secondary N) is 1. The highest BCUT2D eigenvalue weighted by molar-refractivity contribution is 6.31. The molecule has 2 unspecified atom stereocenters. The van der Waals surface area contributed by atoms with Gasteiger partial charge in [-0.3, -0.25) is 5.32 Å². The first-order chi connectivity index (χ1) is 13.3.